The summed E-state index contributed by atoms with van der Waals surface area (Å²) >= 11 is 0. The molecule has 1 aliphatic heterocycles. The summed E-state index contributed by atoms with van der Waals surface area (Å²) < 4.78 is 0. The van der Waals surface area contributed by atoms with E-state index in [1.807, 2.05) is 44.2 Å². The van der Waals surface area contributed by atoms with E-state index in [2.05, 4.69) is 16.7 Å². The third-order valence-corrected chi connectivity index (χ3v) is 3.79. The third-order valence-electron chi connectivity index (χ3n) is 3.79. The molecule has 21 heavy (non-hydrogen) atoms. The molecule has 4 heteroatoms. The molecular formula is C17H15N3O. The topological polar surface area (TPSA) is 64.9 Å². The van der Waals surface area contributed by atoms with Crippen LogP contribution < -0.4 is 10.6 Å². The summed E-state index contributed by atoms with van der Waals surface area (Å²) in [5.74, 6) is -0.342. The van der Waals surface area contributed by atoms with Crippen LogP contribution in [0.4, 0.5) is 11.4 Å². The molecule has 0 spiro atoms. The van der Waals surface area contributed by atoms with E-state index in [0.29, 0.717) is 11.3 Å². The first-order valence-corrected chi connectivity index (χ1v) is 6.74. The first-order chi connectivity index (χ1) is 10.1. The van der Waals surface area contributed by atoms with Crippen molar-refractivity contribution in [3.05, 3.63) is 59.2 Å². The fourth-order valence-corrected chi connectivity index (χ4v) is 2.68. The molecule has 2 aromatic carbocycles. The Labute approximate surface area is 123 Å². The van der Waals surface area contributed by atoms with Crippen LogP contribution in [0, 0.1) is 25.2 Å². The van der Waals surface area contributed by atoms with Gasteiger partial charge in [-0.25, -0.2) is 0 Å². The van der Waals surface area contributed by atoms with Gasteiger partial charge in [0.1, 0.15) is 6.07 Å². The standard InChI is InChI=1S/C17H15N3O/c1-11-7-8-14(12(2)9-11)20-17(10-18)13-5-3-4-6-15(13)19-16(17)21/h3-9,20H,1-2H3,(H,19,21)/t17-/m1/s1. The van der Waals surface area contributed by atoms with Gasteiger partial charge in [0.05, 0.1) is 0 Å². The van der Waals surface area contributed by atoms with Crippen molar-refractivity contribution in [1.82, 2.24) is 0 Å². The number of anilines is 2. The molecule has 104 valence electrons. The van der Waals surface area contributed by atoms with Crippen LogP contribution in [-0.2, 0) is 10.3 Å². The van der Waals surface area contributed by atoms with Crippen molar-refractivity contribution in [1.29, 1.82) is 5.26 Å². The Balaban J connectivity index is 2.10. The van der Waals surface area contributed by atoms with Gasteiger partial charge in [-0.1, -0.05) is 35.9 Å². The predicted molar refractivity (Wildman–Crippen MR) is 81.9 cm³/mol. The molecule has 3 rings (SSSR count). The second-order valence-electron chi connectivity index (χ2n) is 5.30. The average molecular weight is 277 g/mol. The third kappa shape index (κ3) is 1.95. The van der Waals surface area contributed by atoms with E-state index in [9.17, 15) is 10.1 Å². The van der Waals surface area contributed by atoms with Gasteiger partial charge in [-0.2, -0.15) is 5.26 Å². The molecule has 2 aromatic rings. The minimum atomic E-state index is -1.38. The molecule has 0 aliphatic carbocycles. The summed E-state index contributed by atoms with van der Waals surface area (Å²) in [6.07, 6.45) is 0. The SMILES string of the molecule is Cc1ccc(N[C@@]2(C#N)C(=O)Nc3ccccc32)c(C)c1. The van der Waals surface area contributed by atoms with Crippen LogP contribution in [0.1, 0.15) is 16.7 Å². The molecule has 1 atom stereocenters. The van der Waals surface area contributed by atoms with E-state index in [0.717, 1.165) is 16.8 Å². The summed E-state index contributed by atoms with van der Waals surface area (Å²) in [6, 6.07) is 15.3. The normalized spacial score (nSPS) is 19.6. The van der Waals surface area contributed by atoms with Crippen LogP contribution in [-0.4, -0.2) is 5.91 Å². The minimum Gasteiger partial charge on any atom is -0.356 e. The number of carbonyl (C=O) groups is 1. The number of fused-ring (bicyclic) bond motifs is 1. The maximum absolute atomic E-state index is 12.4. The lowest BCUT2D eigenvalue weighted by molar-refractivity contribution is -0.118. The number of carbonyl (C=O) groups excluding carboxylic acids is 1. The fraction of sp³-hybridized carbons (Fsp3) is 0.176. The molecule has 1 aliphatic rings. The van der Waals surface area contributed by atoms with Gasteiger partial charge >= 0.3 is 0 Å². The second kappa shape index (κ2) is 4.64. The Kier molecular flexibility index (Phi) is 2.91. The highest BCUT2D eigenvalue weighted by atomic mass is 16.2. The molecule has 1 amide bonds. The Hall–Kier alpha value is -2.80. The highest BCUT2D eigenvalue weighted by Gasteiger charge is 2.47. The van der Waals surface area contributed by atoms with Crippen molar-refractivity contribution in [2.45, 2.75) is 19.4 Å². The predicted octanol–water partition coefficient (Wildman–Crippen LogP) is 3.09. The molecule has 0 fully saturated rings. The molecule has 0 radical (unpaired) electrons. The highest BCUT2D eigenvalue weighted by Crippen LogP contribution is 2.38. The summed E-state index contributed by atoms with van der Waals surface area (Å²) in [4.78, 5) is 12.4. The maximum atomic E-state index is 12.4. The zero-order valence-corrected chi connectivity index (χ0v) is 11.9. The number of nitriles is 1. The molecule has 1 heterocycles. The number of hydrogen-bond donors (Lipinski definition) is 2. The van der Waals surface area contributed by atoms with Crippen molar-refractivity contribution >= 4 is 17.3 Å². The maximum Gasteiger partial charge on any atom is 0.269 e. The summed E-state index contributed by atoms with van der Waals surface area (Å²) in [7, 11) is 0. The Morgan fingerprint density at radius 3 is 2.67 bits per heavy atom. The van der Waals surface area contributed by atoms with Gasteiger partial charge in [-0.3, -0.25) is 4.79 Å². The van der Waals surface area contributed by atoms with E-state index >= 15 is 0 Å². The number of benzene rings is 2. The summed E-state index contributed by atoms with van der Waals surface area (Å²) in [6.45, 7) is 3.97. The van der Waals surface area contributed by atoms with Crippen LogP contribution in [0.3, 0.4) is 0 Å². The Morgan fingerprint density at radius 1 is 1.19 bits per heavy atom. The van der Waals surface area contributed by atoms with Crippen LogP contribution in [0.2, 0.25) is 0 Å². The van der Waals surface area contributed by atoms with Gasteiger partial charge < -0.3 is 10.6 Å². The largest absolute Gasteiger partial charge is 0.356 e. The first-order valence-electron chi connectivity index (χ1n) is 6.74. The smallest absolute Gasteiger partial charge is 0.269 e. The minimum absolute atomic E-state index is 0.342. The zero-order chi connectivity index (χ0) is 15.0. The van der Waals surface area contributed by atoms with E-state index < -0.39 is 5.54 Å². The molecule has 0 saturated heterocycles. The quantitative estimate of drug-likeness (QED) is 0.886. The van der Waals surface area contributed by atoms with Gasteiger partial charge in [-0.05, 0) is 31.5 Å². The lowest BCUT2D eigenvalue weighted by atomic mass is 9.92. The molecule has 0 unspecified atom stereocenters. The molecule has 0 aromatic heterocycles. The number of hydrogen-bond acceptors (Lipinski definition) is 3. The highest BCUT2D eigenvalue weighted by molar-refractivity contribution is 6.10. The second-order valence-corrected chi connectivity index (χ2v) is 5.30. The van der Waals surface area contributed by atoms with E-state index in [4.69, 9.17) is 0 Å². The molecule has 2 N–H and O–H groups in total. The van der Waals surface area contributed by atoms with Gasteiger partial charge in [0.25, 0.3) is 5.91 Å². The van der Waals surface area contributed by atoms with Crippen LogP contribution in [0.5, 0.6) is 0 Å². The lowest BCUT2D eigenvalue weighted by Gasteiger charge is -2.23. The lowest BCUT2D eigenvalue weighted by Crippen LogP contribution is -2.41. The average Bonchev–Trinajstić information content (AvgIpc) is 2.75. The van der Waals surface area contributed by atoms with E-state index in [-0.39, 0.29) is 5.91 Å². The van der Waals surface area contributed by atoms with E-state index in [1.54, 1.807) is 12.1 Å². The fourth-order valence-electron chi connectivity index (χ4n) is 2.68. The number of para-hydroxylation sites is 1. The number of amides is 1. The van der Waals surface area contributed by atoms with Gasteiger partial charge in [0, 0.05) is 16.9 Å². The van der Waals surface area contributed by atoms with Crippen molar-refractivity contribution in [2.24, 2.45) is 0 Å². The first kappa shape index (κ1) is 13.2. The van der Waals surface area contributed by atoms with Crippen molar-refractivity contribution in [3.8, 4) is 6.07 Å². The molecular weight excluding hydrogens is 262 g/mol. The van der Waals surface area contributed by atoms with Crippen molar-refractivity contribution in [3.63, 3.8) is 0 Å². The van der Waals surface area contributed by atoms with Crippen molar-refractivity contribution < 1.29 is 4.79 Å². The van der Waals surface area contributed by atoms with Crippen LogP contribution >= 0.6 is 0 Å². The number of rotatable bonds is 2. The van der Waals surface area contributed by atoms with Gasteiger partial charge in [-0.15, -0.1) is 0 Å². The Morgan fingerprint density at radius 2 is 1.95 bits per heavy atom. The van der Waals surface area contributed by atoms with E-state index in [1.165, 1.54) is 0 Å². The Bertz CT molecular complexity index is 776. The molecule has 4 nitrogen and oxygen atoms in total. The number of aryl methyl sites for hydroxylation is 2. The van der Waals surface area contributed by atoms with Gasteiger partial charge in [0.2, 0.25) is 5.54 Å². The molecule has 0 bridgehead atoms. The van der Waals surface area contributed by atoms with Crippen LogP contribution in [0.15, 0.2) is 42.5 Å². The number of nitrogens with zero attached hydrogens (tertiary/aromatic N) is 1. The zero-order valence-electron chi connectivity index (χ0n) is 11.9. The number of nitrogens with one attached hydrogen (secondary N) is 2. The monoisotopic (exact) mass is 277 g/mol. The summed E-state index contributed by atoms with van der Waals surface area (Å²) in [5.41, 5.74) is 2.89. The summed E-state index contributed by atoms with van der Waals surface area (Å²) in [5, 5.41) is 15.6. The van der Waals surface area contributed by atoms with Crippen LogP contribution in [0.25, 0.3) is 0 Å². The molecule has 0 saturated carbocycles. The van der Waals surface area contributed by atoms with Crippen molar-refractivity contribution in [2.75, 3.05) is 10.6 Å². The van der Waals surface area contributed by atoms with Gasteiger partial charge in [0.15, 0.2) is 0 Å².